The van der Waals surface area contributed by atoms with E-state index in [2.05, 4.69) is 0 Å². The second-order valence-electron chi connectivity index (χ2n) is 1.90. The molecular weight excluding hydrogens is 122 g/mol. The predicted molar refractivity (Wildman–Crippen MR) is 32.7 cm³/mol. The van der Waals surface area contributed by atoms with E-state index in [1.54, 1.807) is 6.92 Å². The predicted octanol–water partition coefficient (Wildman–Crippen LogP) is -1.34. The number of hydrogen-bond donors (Lipinski definition) is 3. The largest absolute Gasteiger partial charge is 0.392 e. The first-order valence-electron chi connectivity index (χ1n) is 2.82. The summed E-state index contributed by atoms with van der Waals surface area (Å²) >= 11 is 0. The zero-order valence-electron chi connectivity index (χ0n) is 5.50. The second kappa shape index (κ2) is 3.79. The Morgan fingerprint density at radius 1 is 1.67 bits per heavy atom. The molecule has 0 radical (unpaired) electrons. The van der Waals surface area contributed by atoms with E-state index < -0.39 is 12.3 Å². The van der Waals surface area contributed by atoms with Gasteiger partial charge in [0.05, 0.1) is 13.2 Å². The molecule has 1 atom stereocenters. The fraction of sp³-hybridized carbons (Fsp3) is 1.00. The van der Waals surface area contributed by atoms with Crippen LogP contribution in [0.2, 0.25) is 0 Å². The van der Waals surface area contributed by atoms with Gasteiger partial charge in [-0.05, 0) is 6.92 Å². The Hall–Kier alpha value is -0.160. The molecule has 0 spiro atoms. The molecule has 0 fully saturated rings. The standard InChI is InChI=1S/C5H13NO3/c1-2-9-4-5(6,8)3-7/h7-8H,2-4,6H2,1H3. The van der Waals surface area contributed by atoms with Crippen LogP contribution in [0.25, 0.3) is 0 Å². The molecule has 0 saturated heterocycles. The molecule has 0 heterocycles. The van der Waals surface area contributed by atoms with Gasteiger partial charge in [0.1, 0.15) is 0 Å². The van der Waals surface area contributed by atoms with Gasteiger partial charge in [0.25, 0.3) is 0 Å². The fourth-order valence-electron chi connectivity index (χ4n) is 0.324. The van der Waals surface area contributed by atoms with Crippen LogP contribution in [0.4, 0.5) is 0 Å². The highest BCUT2D eigenvalue weighted by Crippen LogP contribution is 1.92. The molecule has 4 heteroatoms. The van der Waals surface area contributed by atoms with Crippen LogP contribution in [-0.4, -0.2) is 35.8 Å². The molecule has 0 aromatic rings. The van der Waals surface area contributed by atoms with Gasteiger partial charge in [-0.25, -0.2) is 0 Å². The van der Waals surface area contributed by atoms with Crippen molar-refractivity contribution in [2.45, 2.75) is 12.6 Å². The van der Waals surface area contributed by atoms with Gasteiger partial charge >= 0.3 is 0 Å². The lowest BCUT2D eigenvalue weighted by atomic mass is 10.3. The van der Waals surface area contributed by atoms with Gasteiger partial charge in [0.2, 0.25) is 0 Å². The van der Waals surface area contributed by atoms with Gasteiger partial charge in [-0.2, -0.15) is 0 Å². The van der Waals surface area contributed by atoms with E-state index in [0.717, 1.165) is 0 Å². The maximum absolute atomic E-state index is 8.86. The Morgan fingerprint density at radius 3 is 2.56 bits per heavy atom. The highest BCUT2D eigenvalue weighted by molar-refractivity contribution is 4.66. The summed E-state index contributed by atoms with van der Waals surface area (Å²) in [6.45, 7) is 1.76. The molecule has 0 bridgehead atoms. The number of ether oxygens (including phenoxy) is 1. The summed E-state index contributed by atoms with van der Waals surface area (Å²) in [6, 6.07) is 0. The molecule has 9 heavy (non-hydrogen) atoms. The topological polar surface area (TPSA) is 75.7 Å². The average Bonchev–Trinajstić information content (AvgIpc) is 1.84. The van der Waals surface area contributed by atoms with E-state index in [4.69, 9.17) is 20.7 Å². The van der Waals surface area contributed by atoms with Gasteiger partial charge in [0.15, 0.2) is 5.72 Å². The van der Waals surface area contributed by atoms with Crippen LogP contribution in [-0.2, 0) is 4.74 Å². The second-order valence-corrected chi connectivity index (χ2v) is 1.90. The highest BCUT2D eigenvalue weighted by Gasteiger charge is 2.18. The molecule has 0 aliphatic carbocycles. The van der Waals surface area contributed by atoms with Gasteiger partial charge in [0, 0.05) is 6.61 Å². The molecule has 4 N–H and O–H groups in total. The first-order chi connectivity index (χ1) is 4.12. The first kappa shape index (κ1) is 8.84. The third-order valence-corrected chi connectivity index (χ3v) is 0.830. The third kappa shape index (κ3) is 4.35. The molecule has 56 valence electrons. The van der Waals surface area contributed by atoms with E-state index in [1.807, 2.05) is 0 Å². The molecule has 4 nitrogen and oxygen atoms in total. The number of nitrogens with two attached hydrogens (primary N) is 1. The summed E-state index contributed by atoms with van der Waals surface area (Å²) in [4.78, 5) is 0. The summed E-state index contributed by atoms with van der Waals surface area (Å²) in [5.74, 6) is 0. The fourth-order valence-corrected chi connectivity index (χ4v) is 0.324. The van der Waals surface area contributed by atoms with Crippen LogP contribution in [0.15, 0.2) is 0 Å². The minimum Gasteiger partial charge on any atom is -0.392 e. The smallest absolute Gasteiger partial charge is 0.160 e. The zero-order chi connectivity index (χ0) is 7.33. The summed E-state index contributed by atoms with van der Waals surface area (Å²) in [5, 5.41) is 17.2. The van der Waals surface area contributed by atoms with E-state index in [1.165, 1.54) is 0 Å². The number of aliphatic hydroxyl groups excluding tert-OH is 1. The Labute approximate surface area is 54.2 Å². The van der Waals surface area contributed by atoms with Crippen molar-refractivity contribution in [3.05, 3.63) is 0 Å². The highest BCUT2D eigenvalue weighted by atomic mass is 16.5. The van der Waals surface area contributed by atoms with E-state index in [9.17, 15) is 0 Å². The Balaban J connectivity index is 3.33. The number of rotatable bonds is 4. The molecule has 0 saturated carbocycles. The molecule has 0 aliphatic rings. The summed E-state index contributed by atoms with van der Waals surface area (Å²) < 4.78 is 4.75. The van der Waals surface area contributed by atoms with Crippen molar-refractivity contribution in [2.75, 3.05) is 19.8 Å². The lowest BCUT2D eigenvalue weighted by Gasteiger charge is -2.18. The van der Waals surface area contributed by atoms with Crippen molar-refractivity contribution in [3.63, 3.8) is 0 Å². The van der Waals surface area contributed by atoms with Gasteiger partial charge < -0.3 is 14.9 Å². The van der Waals surface area contributed by atoms with Crippen molar-refractivity contribution in [1.29, 1.82) is 0 Å². The van der Waals surface area contributed by atoms with E-state index in [0.29, 0.717) is 6.61 Å². The van der Waals surface area contributed by atoms with Crippen molar-refractivity contribution < 1.29 is 14.9 Å². The van der Waals surface area contributed by atoms with E-state index in [-0.39, 0.29) is 6.61 Å². The van der Waals surface area contributed by atoms with Crippen LogP contribution in [0.1, 0.15) is 6.92 Å². The normalized spacial score (nSPS) is 17.3. The Bertz CT molecular complexity index is 74.6. The van der Waals surface area contributed by atoms with Crippen LogP contribution in [0.3, 0.4) is 0 Å². The first-order valence-corrected chi connectivity index (χ1v) is 2.82. The number of aliphatic hydroxyl groups is 2. The summed E-state index contributed by atoms with van der Waals surface area (Å²) in [6.07, 6.45) is 0. The van der Waals surface area contributed by atoms with Crippen molar-refractivity contribution in [1.82, 2.24) is 0 Å². The lowest BCUT2D eigenvalue weighted by Crippen LogP contribution is -2.47. The Kier molecular flexibility index (Phi) is 3.72. The minimum absolute atomic E-state index is 0.0278. The average molecular weight is 135 g/mol. The van der Waals surface area contributed by atoms with Crippen LogP contribution in [0, 0.1) is 0 Å². The van der Waals surface area contributed by atoms with Crippen LogP contribution < -0.4 is 5.73 Å². The third-order valence-electron chi connectivity index (χ3n) is 0.830. The monoisotopic (exact) mass is 135 g/mol. The van der Waals surface area contributed by atoms with Crippen molar-refractivity contribution in [2.24, 2.45) is 5.73 Å². The molecular formula is C5H13NO3. The van der Waals surface area contributed by atoms with Gasteiger partial charge in [-0.1, -0.05) is 0 Å². The molecule has 1 unspecified atom stereocenters. The SMILES string of the molecule is CCOCC(N)(O)CO. The molecule has 0 amide bonds. The zero-order valence-corrected chi connectivity index (χ0v) is 5.50. The summed E-state index contributed by atoms with van der Waals surface area (Å²) in [5.41, 5.74) is 3.51. The molecule has 0 rings (SSSR count). The Morgan fingerprint density at radius 2 is 2.22 bits per heavy atom. The van der Waals surface area contributed by atoms with Crippen LogP contribution >= 0.6 is 0 Å². The van der Waals surface area contributed by atoms with Crippen molar-refractivity contribution >= 4 is 0 Å². The van der Waals surface area contributed by atoms with E-state index >= 15 is 0 Å². The van der Waals surface area contributed by atoms with Crippen molar-refractivity contribution in [3.8, 4) is 0 Å². The lowest BCUT2D eigenvalue weighted by molar-refractivity contribution is -0.0712. The number of hydrogen-bond acceptors (Lipinski definition) is 4. The van der Waals surface area contributed by atoms with Gasteiger partial charge in [-0.3, -0.25) is 5.73 Å². The van der Waals surface area contributed by atoms with Gasteiger partial charge in [-0.15, -0.1) is 0 Å². The molecule has 0 aromatic heterocycles. The maximum atomic E-state index is 8.86. The van der Waals surface area contributed by atoms with Crippen LogP contribution in [0.5, 0.6) is 0 Å². The summed E-state index contributed by atoms with van der Waals surface area (Å²) in [7, 11) is 0. The molecule has 0 aromatic carbocycles. The molecule has 0 aliphatic heterocycles. The maximum Gasteiger partial charge on any atom is 0.160 e. The minimum atomic E-state index is -1.57. The quantitative estimate of drug-likeness (QED) is 0.417.